The van der Waals surface area contributed by atoms with Gasteiger partial charge >= 0.3 is 0 Å². The minimum absolute atomic E-state index is 0.0521. The van der Waals surface area contributed by atoms with Crippen molar-refractivity contribution in [2.75, 3.05) is 41.0 Å². The first-order valence-electron chi connectivity index (χ1n) is 11.1. The van der Waals surface area contributed by atoms with E-state index in [0.29, 0.717) is 38.5 Å². The van der Waals surface area contributed by atoms with Crippen molar-refractivity contribution in [1.82, 2.24) is 9.80 Å². The van der Waals surface area contributed by atoms with Crippen molar-refractivity contribution in [2.45, 2.75) is 39.0 Å². The van der Waals surface area contributed by atoms with E-state index in [1.807, 2.05) is 35.2 Å². The zero-order valence-electron chi connectivity index (χ0n) is 19.3. The monoisotopic (exact) mass is 440 g/mol. The Morgan fingerprint density at radius 1 is 1.00 bits per heavy atom. The average molecular weight is 441 g/mol. The number of hydrogen-bond acceptors (Lipinski definition) is 6. The van der Waals surface area contributed by atoms with E-state index in [9.17, 15) is 4.79 Å². The Morgan fingerprint density at radius 3 is 2.44 bits per heavy atom. The van der Waals surface area contributed by atoms with E-state index in [1.54, 1.807) is 21.3 Å². The Labute approximate surface area is 189 Å². The fourth-order valence-electron chi connectivity index (χ4n) is 4.45. The molecule has 0 saturated heterocycles. The Morgan fingerprint density at radius 2 is 1.75 bits per heavy atom. The molecule has 2 aliphatic rings. The van der Waals surface area contributed by atoms with E-state index < -0.39 is 0 Å². The summed E-state index contributed by atoms with van der Waals surface area (Å²) >= 11 is 0. The summed E-state index contributed by atoms with van der Waals surface area (Å²) in [5.74, 6) is 3.23. The van der Waals surface area contributed by atoms with Crippen molar-refractivity contribution in [3.05, 3.63) is 47.0 Å². The minimum atomic E-state index is 0.0521. The molecule has 4 rings (SSSR count). The molecule has 2 aromatic carbocycles. The van der Waals surface area contributed by atoms with Crippen LogP contribution in [0.2, 0.25) is 0 Å². The maximum absolute atomic E-state index is 13.3. The number of benzene rings is 2. The number of rotatable bonds is 6. The molecule has 2 heterocycles. The zero-order valence-corrected chi connectivity index (χ0v) is 19.3. The molecule has 32 heavy (non-hydrogen) atoms. The number of ether oxygens (including phenoxy) is 4. The molecule has 0 saturated carbocycles. The molecule has 2 aromatic rings. The first kappa shape index (κ1) is 22.3. The van der Waals surface area contributed by atoms with Crippen LogP contribution in [0.4, 0.5) is 0 Å². The number of amides is 1. The predicted octanol–water partition coefficient (Wildman–Crippen LogP) is 3.27. The Kier molecular flexibility index (Phi) is 6.74. The van der Waals surface area contributed by atoms with Crippen molar-refractivity contribution in [3.8, 4) is 23.0 Å². The van der Waals surface area contributed by atoms with Crippen LogP contribution in [0.25, 0.3) is 0 Å². The molecule has 1 amide bonds. The lowest BCUT2D eigenvalue weighted by Gasteiger charge is -2.32. The minimum Gasteiger partial charge on any atom is -0.497 e. The molecule has 7 nitrogen and oxygen atoms in total. The van der Waals surface area contributed by atoms with Gasteiger partial charge in [0.05, 0.1) is 27.9 Å². The van der Waals surface area contributed by atoms with E-state index in [4.69, 9.17) is 18.9 Å². The maximum atomic E-state index is 13.3. The van der Waals surface area contributed by atoms with Gasteiger partial charge in [0.25, 0.3) is 0 Å². The molecule has 0 N–H and O–H groups in total. The largest absolute Gasteiger partial charge is 0.497 e. The van der Waals surface area contributed by atoms with E-state index in [1.165, 1.54) is 5.56 Å². The fraction of sp³-hybridized carbons (Fsp3) is 0.480. The number of carbonyl (C=O) groups excluding carboxylic acids is 1. The summed E-state index contributed by atoms with van der Waals surface area (Å²) in [5, 5.41) is 0. The number of fused-ring (bicyclic) bond motifs is 2. The Balaban J connectivity index is 1.48. The highest BCUT2D eigenvalue weighted by Gasteiger charge is 2.28. The summed E-state index contributed by atoms with van der Waals surface area (Å²) in [6, 6.07) is 9.90. The van der Waals surface area contributed by atoms with Crippen LogP contribution in [-0.2, 0) is 24.3 Å². The third kappa shape index (κ3) is 4.63. The van der Waals surface area contributed by atoms with Crippen LogP contribution in [-0.4, -0.2) is 62.8 Å². The van der Waals surface area contributed by atoms with E-state index >= 15 is 0 Å². The van der Waals surface area contributed by atoms with Gasteiger partial charge in [0.15, 0.2) is 11.5 Å². The number of carbonyl (C=O) groups is 1. The van der Waals surface area contributed by atoms with Crippen molar-refractivity contribution < 1.29 is 23.7 Å². The fourth-order valence-corrected chi connectivity index (χ4v) is 4.45. The molecule has 0 spiro atoms. The van der Waals surface area contributed by atoms with Crippen molar-refractivity contribution in [1.29, 1.82) is 0 Å². The highest BCUT2D eigenvalue weighted by Crippen LogP contribution is 2.34. The van der Waals surface area contributed by atoms with Gasteiger partial charge in [-0.1, -0.05) is 6.92 Å². The van der Waals surface area contributed by atoms with Crippen LogP contribution in [0.5, 0.6) is 23.0 Å². The molecule has 1 atom stereocenters. The second-order valence-electron chi connectivity index (χ2n) is 8.33. The molecule has 0 unspecified atom stereocenters. The van der Waals surface area contributed by atoms with Crippen LogP contribution in [0.1, 0.15) is 30.0 Å². The lowest BCUT2D eigenvalue weighted by atomic mass is 9.98. The SMILES string of the molecule is CC[C@@H]1CN(CC(=O)N2CCc3cc(OC)c(OC)cc3C2)Cc2cc(OC)ccc2O1. The van der Waals surface area contributed by atoms with Gasteiger partial charge in [-0.15, -0.1) is 0 Å². The summed E-state index contributed by atoms with van der Waals surface area (Å²) in [6.45, 7) is 5.13. The normalized spacial score (nSPS) is 18.1. The van der Waals surface area contributed by atoms with Gasteiger partial charge in [0, 0.05) is 31.7 Å². The van der Waals surface area contributed by atoms with Crippen molar-refractivity contribution in [2.24, 2.45) is 0 Å². The van der Waals surface area contributed by atoms with Crippen LogP contribution < -0.4 is 18.9 Å². The van der Waals surface area contributed by atoms with Gasteiger partial charge < -0.3 is 23.8 Å². The summed E-state index contributed by atoms with van der Waals surface area (Å²) in [5.41, 5.74) is 3.37. The molecular formula is C25H32N2O5. The molecule has 2 aliphatic heterocycles. The predicted molar refractivity (Wildman–Crippen MR) is 122 cm³/mol. The van der Waals surface area contributed by atoms with Crippen LogP contribution in [0.15, 0.2) is 30.3 Å². The van der Waals surface area contributed by atoms with Gasteiger partial charge in [-0.2, -0.15) is 0 Å². The lowest BCUT2D eigenvalue weighted by molar-refractivity contribution is -0.133. The lowest BCUT2D eigenvalue weighted by Crippen LogP contribution is -2.44. The molecule has 0 fully saturated rings. The van der Waals surface area contributed by atoms with E-state index in [-0.39, 0.29) is 12.0 Å². The second-order valence-corrected chi connectivity index (χ2v) is 8.33. The van der Waals surface area contributed by atoms with Crippen molar-refractivity contribution in [3.63, 3.8) is 0 Å². The van der Waals surface area contributed by atoms with Gasteiger partial charge in [-0.05, 0) is 54.3 Å². The molecule has 172 valence electrons. The van der Waals surface area contributed by atoms with Crippen LogP contribution in [0.3, 0.4) is 0 Å². The zero-order chi connectivity index (χ0) is 22.7. The summed E-state index contributed by atoms with van der Waals surface area (Å²) in [4.78, 5) is 17.4. The molecule has 0 aromatic heterocycles. The molecule has 7 heteroatoms. The van der Waals surface area contributed by atoms with Crippen LogP contribution in [0, 0.1) is 0 Å². The third-order valence-electron chi connectivity index (χ3n) is 6.30. The average Bonchev–Trinajstić information content (AvgIpc) is 3.00. The molecule has 0 bridgehead atoms. The number of nitrogens with zero attached hydrogens (tertiary/aromatic N) is 2. The standard InChI is InChI=1S/C25H32N2O5/c1-5-20-15-26(13-19-10-21(29-2)6-7-22(19)32-20)16-25(28)27-9-8-17-11-23(30-3)24(31-4)12-18(17)14-27/h6-7,10-12,20H,5,8-9,13-16H2,1-4H3/t20-/m1/s1. The van der Waals surface area contributed by atoms with E-state index in [2.05, 4.69) is 11.8 Å². The second kappa shape index (κ2) is 9.69. The van der Waals surface area contributed by atoms with Crippen molar-refractivity contribution >= 4 is 5.91 Å². The number of hydrogen-bond donors (Lipinski definition) is 0. The van der Waals surface area contributed by atoms with Gasteiger partial charge in [0.1, 0.15) is 17.6 Å². The summed E-state index contributed by atoms with van der Waals surface area (Å²) in [7, 11) is 4.94. The maximum Gasteiger partial charge on any atom is 0.237 e. The van der Waals surface area contributed by atoms with Crippen LogP contribution >= 0.6 is 0 Å². The topological polar surface area (TPSA) is 60.5 Å². The van der Waals surface area contributed by atoms with E-state index in [0.717, 1.165) is 41.2 Å². The van der Waals surface area contributed by atoms with Gasteiger partial charge in [0.2, 0.25) is 5.91 Å². The summed E-state index contributed by atoms with van der Waals surface area (Å²) < 4.78 is 22.5. The molecule has 0 aliphatic carbocycles. The Bertz CT molecular complexity index is 977. The molecule has 0 radical (unpaired) electrons. The molecular weight excluding hydrogens is 408 g/mol. The first-order valence-corrected chi connectivity index (χ1v) is 11.1. The smallest absolute Gasteiger partial charge is 0.237 e. The Hall–Kier alpha value is -2.93. The highest BCUT2D eigenvalue weighted by molar-refractivity contribution is 5.78. The van der Waals surface area contributed by atoms with Gasteiger partial charge in [-0.25, -0.2) is 0 Å². The number of methoxy groups -OCH3 is 3. The first-order chi connectivity index (χ1) is 15.5. The third-order valence-corrected chi connectivity index (χ3v) is 6.30. The quantitative estimate of drug-likeness (QED) is 0.687. The highest BCUT2D eigenvalue weighted by atomic mass is 16.5. The van der Waals surface area contributed by atoms with Gasteiger partial charge in [-0.3, -0.25) is 9.69 Å². The summed E-state index contributed by atoms with van der Waals surface area (Å²) in [6.07, 6.45) is 1.74.